The van der Waals surface area contributed by atoms with Gasteiger partial charge in [0.05, 0.1) is 15.6 Å². The lowest BCUT2D eigenvalue weighted by Crippen LogP contribution is -2.16. The number of halogens is 1. The number of hydrogen-bond donors (Lipinski definition) is 1. The molecule has 2 aromatic heterocycles. The largest absolute Gasteiger partial charge is 0.320 e. The van der Waals surface area contributed by atoms with Crippen LogP contribution < -0.4 is 5.32 Å². The van der Waals surface area contributed by atoms with Gasteiger partial charge in [-0.25, -0.2) is 9.67 Å². The van der Waals surface area contributed by atoms with Crippen molar-refractivity contribution in [3.05, 3.63) is 74.2 Å². The first-order chi connectivity index (χ1) is 13.3. The number of pyridine rings is 1. The monoisotopic (exact) mass is 399 g/mol. The van der Waals surface area contributed by atoms with Crippen LogP contribution in [0.2, 0.25) is 5.02 Å². The highest BCUT2D eigenvalue weighted by molar-refractivity contribution is 6.34. The van der Waals surface area contributed by atoms with Gasteiger partial charge in [0.2, 0.25) is 0 Å². The number of hydrogen-bond acceptors (Lipinski definition) is 5. The molecule has 0 radical (unpaired) electrons. The predicted octanol–water partition coefficient (Wildman–Crippen LogP) is 4.26. The van der Waals surface area contributed by atoms with Crippen LogP contribution in [0.5, 0.6) is 0 Å². The second-order valence-electron chi connectivity index (χ2n) is 6.25. The topological polar surface area (TPSA) is 103 Å². The van der Waals surface area contributed by atoms with Crippen molar-refractivity contribution in [1.29, 1.82) is 0 Å². The van der Waals surface area contributed by atoms with E-state index in [1.165, 1.54) is 6.07 Å². The lowest BCUT2D eigenvalue weighted by Gasteiger charge is -2.10. The van der Waals surface area contributed by atoms with Gasteiger partial charge < -0.3 is 5.32 Å². The lowest BCUT2D eigenvalue weighted by atomic mass is 10.1. The summed E-state index contributed by atoms with van der Waals surface area (Å²) in [5.41, 5.74) is 2.53. The zero-order chi connectivity index (χ0) is 20.4. The van der Waals surface area contributed by atoms with Gasteiger partial charge in [0.1, 0.15) is 5.69 Å². The average Bonchev–Trinajstić information content (AvgIpc) is 3.00. The van der Waals surface area contributed by atoms with E-state index in [4.69, 9.17) is 11.6 Å². The van der Waals surface area contributed by atoms with Gasteiger partial charge >= 0.3 is 0 Å². The van der Waals surface area contributed by atoms with Crippen molar-refractivity contribution in [1.82, 2.24) is 14.8 Å². The minimum atomic E-state index is -0.563. The first-order valence-electron chi connectivity index (χ1n) is 8.59. The highest BCUT2D eigenvalue weighted by atomic mass is 35.5. The molecule has 0 aliphatic carbocycles. The van der Waals surface area contributed by atoms with Crippen molar-refractivity contribution in [3.63, 3.8) is 0 Å². The Morgan fingerprint density at radius 3 is 2.61 bits per heavy atom. The van der Waals surface area contributed by atoms with Gasteiger partial charge in [-0.2, -0.15) is 5.10 Å². The van der Waals surface area contributed by atoms with Gasteiger partial charge in [0.15, 0.2) is 5.82 Å². The molecule has 0 fully saturated rings. The summed E-state index contributed by atoms with van der Waals surface area (Å²) in [6, 6.07) is 9.69. The molecule has 0 unspecified atom stereocenters. The van der Waals surface area contributed by atoms with Gasteiger partial charge in [-0.3, -0.25) is 14.9 Å². The van der Waals surface area contributed by atoms with Crippen molar-refractivity contribution < 1.29 is 9.72 Å². The first-order valence-corrected chi connectivity index (χ1v) is 8.96. The predicted molar refractivity (Wildman–Crippen MR) is 106 cm³/mol. The van der Waals surface area contributed by atoms with Crippen LogP contribution in [0, 0.1) is 24.0 Å². The molecule has 1 aromatic carbocycles. The second kappa shape index (κ2) is 7.77. The third-order valence-corrected chi connectivity index (χ3v) is 4.50. The number of nitro groups is 1. The number of amides is 1. The van der Waals surface area contributed by atoms with Crippen molar-refractivity contribution >= 4 is 28.9 Å². The van der Waals surface area contributed by atoms with Crippen LogP contribution in [-0.2, 0) is 6.42 Å². The molecule has 0 aliphatic rings. The van der Waals surface area contributed by atoms with E-state index in [-0.39, 0.29) is 16.4 Å². The number of nitrogens with zero attached hydrogens (tertiary/aromatic N) is 4. The molecule has 3 rings (SSSR count). The number of aryl methyl sites for hydroxylation is 3. The molecule has 3 aromatic rings. The van der Waals surface area contributed by atoms with Crippen LogP contribution in [0.3, 0.4) is 0 Å². The first kappa shape index (κ1) is 19.5. The average molecular weight is 400 g/mol. The molecule has 0 spiro atoms. The number of nitro benzene ring substituents is 1. The van der Waals surface area contributed by atoms with E-state index in [0.29, 0.717) is 23.5 Å². The molecule has 2 heterocycles. The van der Waals surface area contributed by atoms with Crippen LogP contribution in [0.15, 0.2) is 36.4 Å². The molecule has 8 nitrogen and oxygen atoms in total. The highest BCUT2D eigenvalue weighted by Gasteiger charge is 2.18. The number of rotatable bonds is 5. The van der Waals surface area contributed by atoms with Crippen LogP contribution >= 0.6 is 11.6 Å². The van der Waals surface area contributed by atoms with E-state index in [0.717, 1.165) is 11.4 Å². The number of carbonyl (C=O) groups excluding carboxylic acids is 1. The van der Waals surface area contributed by atoms with Gasteiger partial charge in [0.25, 0.3) is 11.6 Å². The van der Waals surface area contributed by atoms with Gasteiger partial charge in [-0.1, -0.05) is 24.6 Å². The van der Waals surface area contributed by atoms with Crippen LogP contribution in [0.1, 0.15) is 34.4 Å². The Bertz CT molecular complexity index is 1080. The Kier molecular flexibility index (Phi) is 5.41. The van der Waals surface area contributed by atoms with E-state index >= 15 is 0 Å². The highest BCUT2D eigenvalue weighted by Crippen LogP contribution is 2.25. The molecule has 9 heteroatoms. The Balaban J connectivity index is 1.93. The van der Waals surface area contributed by atoms with Crippen molar-refractivity contribution in [2.75, 3.05) is 5.32 Å². The van der Waals surface area contributed by atoms with E-state index in [1.807, 2.05) is 26.8 Å². The normalized spacial score (nSPS) is 10.7. The smallest absolute Gasteiger partial charge is 0.275 e. The Hall–Kier alpha value is -3.26. The Morgan fingerprint density at radius 1 is 1.25 bits per heavy atom. The molecule has 0 saturated carbocycles. The van der Waals surface area contributed by atoms with Gasteiger partial charge in [-0.15, -0.1) is 0 Å². The fourth-order valence-electron chi connectivity index (χ4n) is 2.87. The number of aromatic nitrogens is 3. The van der Waals surface area contributed by atoms with Crippen molar-refractivity contribution in [2.24, 2.45) is 0 Å². The lowest BCUT2D eigenvalue weighted by molar-refractivity contribution is -0.385. The maximum atomic E-state index is 12.7. The third kappa shape index (κ3) is 3.86. The minimum Gasteiger partial charge on any atom is -0.320 e. The summed E-state index contributed by atoms with van der Waals surface area (Å²) < 4.78 is 1.61. The molecule has 0 aliphatic heterocycles. The molecule has 0 saturated heterocycles. The molecule has 1 N–H and O–H groups in total. The summed E-state index contributed by atoms with van der Waals surface area (Å²) in [7, 11) is 0. The fourth-order valence-corrected chi connectivity index (χ4v) is 3.06. The Morgan fingerprint density at radius 2 is 2.00 bits per heavy atom. The summed E-state index contributed by atoms with van der Waals surface area (Å²) in [6.07, 6.45) is 0.516. The summed E-state index contributed by atoms with van der Waals surface area (Å²) in [6.45, 7) is 5.57. The van der Waals surface area contributed by atoms with Crippen LogP contribution in [0.4, 0.5) is 11.4 Å². The van der Waals surface area contributed by atoms with Crippen LogP contribution in [-0.4, -0.2) is 25.6 Å². The minimum absolute atomic E-state index is 0.00828. The van der Waals surface area contributed by atoms with Crippen LogP contribution in [0.25, 0.3) is 5.82 Å². The standard InChI is InChI=1S/C19H18ClN5O3/c1-4-13-5-6-14(10-16(13)25(27)28)21-19(26)18-15(20)7-8-17(22-18)24-12(3)9-11(2)23-24/h5-10H,4H2,1-3H3,(H,21,26). The van der Waals surface area contributed by atoms with E-state index in [2.05, 4.69) is 15.4 Å². The quantitative estimate of drug-likeness (QED) is 0.510. The van der Waals surface area contributed by atoms with E-state index in [1.54, 1.807) is 28.9 Å². The van der Waals surface area contributed by atoms with Gasteiger partial charge in [0, 0.05) is 23.0 Å². The molecule has 144 valence electrons. The zero-order valence-electron chi connectivity index (χ0n) is 15.6. The number of anilines is 1. The Labute approximate surface area is 166 Å². The number of nitrogens with one attached hydrogen (secondary N) is 1. The molecular weight excluding hydrogens is 382 g/mol. The molecule has 1 amide bonds. The second-order valence-corrected chi connectivity index (χ2v) is 6.65. The molecule has 28 heavy (non-hydrogen) atoms. The summed E-state index contributed by atoms with van der Waals surface area (Å²) in [4.78, 5) is 27.8. The summed E-state index contributed by atoms with van der Waals surface area (Å²) in [5.74, 6) is -0.112. The summed E-state index contributed by atoms with van der Waals surface area (Å²) >= 11 is 6.16. The van der Waals surface area contributed by atoms with Crippen molar-refractivity contribution in [2.45, 2.75) is 27.2 Å². The SMILES string of the molecule is CCc1ccc(NC(=O)c2nc(-n3nc(C)cc3C)ccc2Cl)cc1[N+](=O)[O-]. The van der Waals surface area contributed by atoms with Crippen molar-refractivity contribution in [3.8, 4) is 5.82 Å². The molecule has 0 atom stereocenters. The van der Waals surface area contributed by atoms with E-state index < -0.39 is 10.8 Å². The molecular formula is C19H18ClN5O3. The fraction of sp³-hybridized carbons (Fsp3) is 0.211. The molecule has 0 bridgehead atoms. The summed E-state index contributed by atoms with van der Waals surface area (Å²) in [5, 5.41) is 18.4. The number of carbonyl (C=O) groups is 1. The zero-order valence-corrected chi connectivity index (χ0v) is 16.3. The third-order valence-electron chi connectivity index (χ3n) is 4.19. The maximum Gasteiger partial charge on any atom is 0.275 e. The van der Waals surface area contributed by atoms with E-state index in [9.17, 15) is 14.9 Å². The number of benzene rings is 1. The maximum absolute atomic E-state index is 12.7. The van der Waals surface area contributed by atoms with Gasteiger partial charge in [-0.05, 0) is 44.5 Å².